The number of halogens is 1. The lowest BCUT2D eigenvalue weighted by Gasteiger charge is -2.14. The van der Waals surface area contributed by atoms with Gasteiger partial charge in [0, 0.05) is 6.04 Å². The van der Waals surface area contributed by atoms with E-state index >= 15 is 0 Å². The van der Waals surface area contributed by atoms with Gasteiger partial charge in [0.05, 0.1) is 16.0 Å². The average Bonchev–Trinajstić information content (AvgIpc) is 2.30. The quantitative estimate of drug-likeness (QED) is 0.878. The standard InChI is InChI=1S/C13H20ClNO3S/c1-5-10(4)15-19(16,17)11-6-7-13(12(14)8-11)18-9(2)3/h6-10,15H,5H2,1-4H3. The number of benzene rings is 1. The Hall–Kier alpha value is -0.780. The highest BCUT2D eigenvalue weighted by atomic mass is 35.5. The lowest BCUT2D eigenvalue weighted by atomic mass is 10.3. The molecule has 1 aromatic rings. The highest BCUT2D eigenvalue weighted by molar-refractivity contribution is 7.89. The molecule has 0 amide bonds. The van der Waals surface area contributed by atoms with Crippen LogP contribution in [0.15, 0.2) is 23.1 Å². The normalized spacial score (nSPS) is 13.6. The van der Waals surface area contributed by atoms with Gasteiger partial charge in [-0.1, -0.05) is 18.5 Å². The summed E-state index contributed by atoms with van der Waals surface area (Å²) in [5.41, 5.74) is 0. The van der Waals surface area contributed by atoms with E-state index in [1.54, 1.807) is 6.07 Å². The highest BCUT2D eigenvalue weighted by Gasteiger charge is 2.18. The fourth-order valence-corrected chi connectivity index (χ4v) is 3.06. The van der Waals surface area contributed by atoms with Crippen molar-refractivity contribution in [3.05, 3.63) is 23.2 Å². The monoisotopic (exact) mass is 305 g/mol. The van der Waals surface area contributed by atoms with Crippen LogP contribution in [0.4, 0.5) is 0 Å². The maximum atomic E-state index is 12.1. The maximum absolute atomic E-state index is 12.1. The van der Waals surface area contributed by atoms with Crippen LogP contribution in [-0.4, -0.2) is 20.6 Å². The minimum absolute atomic E-state index is 0.0156. The summed E-state index contributed by atoms with van der Waals surface area (Å²) in [6.07, 6.45) is 0.708. The summed E-state index contributed by atoms with van der Waals surface area (Å²) in [6, 6.07) is 4.36. The Labute approximate surface area is 120 Å². The van der Waals surface area contributed by atoms with Crippen molar-refractivity contribution in [1.29, 1.82) is 0 Å². The molecular weight excluding hydrogens is 286 g/mol. The Morgan fingerprint density at radius 3 is 2.42 bits per heavy atom. The first-order chi connectivity index (χ1) is 8.76. The number of hydrogen-bond acceptors (Lipinski definition) is 3. The molecule has 0 aliphatic carbocycles. The minimum Gasteiger partial charge on any atom is -0.489 e. The van der Waals surface area contributed by atoms with Crippen molar-refractivity contribution in [1.82, 2.24) is 4.72 Å². The van der Waals surface area contributed by atoms with Crippen molar-refractivity contribution in [3.63, 3.8) is 0 Å². The molecule has 0 aromatic heterocycles. The van der Waals surface area contributed by atoms with Gasteiger partial charge >= 0.3 is 0 Å². The molecule has 0 aliphatic rings. The molecule has 1 atom stereocenters. The van der Waals surface area contributed by atoms with Crippen molar-refractivity contribution in [2.75, 3.05) is 0 Å². The molecule has 1 rings (SSSR count). The number of rotatable bonds is 6. The summed E-state index contributed by atoms with van der Waals surface area (Å²) in [6.45, 7) is 7.49. The molecule has 0 saturated carbocycles. The van der Waals surface area contributed by atoms with Crippen molar-refractivity contribution in [2.45, 2.75) is 51.2 Å². The van der Waals surface area contributed by atoms with E-state index in [1.807, 2.05) is 27.7 Å². The molecule has 0 bridgehead atoms. The third-order valence-electron chi connectivity index (χ3n) is 2.55. The highest BCUT2D eigenvalue weighted by Crippen LogP contribution is 2.28. The van der Waals surface area contributed by atoms with Gasteiger partial charge in [-0.05, 0) is 45.4 Å². The smallest absolute Gasteiger partial charge is 0.240 e. The van der Waals surface area contributed by atoms with Gasteiger partial charge in [-0.15, -0.1) is 0 Å². The summed E-state index contributed by atoms with van der Waals surface area (Å²) < 4.78 is 32.2. The van der Waals surface area contributed by atoms with E-state index in [4.69, 9.17) is 16.3 Å². The molecule has 108 valence electrons. The van der Waals surface area contributed by atoms with Gasteiger partial charge in [0.2, 0.25) is 10.0 Å². The van der Waals surface area contributed by atoms with Gasteiger partial charge in [-0.25, -0.2) is 13.1 Å². The van der Waals surface area contributed by atoms with E-state index < -0.39 is 10.0 Å². The number of ether oxygens (including phenoxy) is 1. The van der Waals surface area contributed by atoms with E-state index in [9.17, 15) is 8.42 Å². The predicted molar refractivity (Wildman–Crippen MR) is 77.3 cm³/mol. The second-order valence-electron chi connectivity index (χ2n) is 4.69. The summed E-state index contributed by atoms with van der Waals surface area (Å²) in [5.74, 6) is 0.485. The lowest BCUT2D eigenvalue weighted by Crippen LogP contribution is -2.32. The molecule has 0 fully saturated rings. The topological polar surface area (TPSA) is 55.4 Å². The molecule has 0 aliphatic heterocycles. The second-order valence-corrected chi connectivity index (χ2v) is 6.81. The molecular formula is C13H20ClNO3S. The summed E-state index contributed by atoms with van der Waals surface area (Å²) in [7, 11) is -3.53. The number of nitrogens with one attached hydrogen (secondary N) is 1. The fourth-order valence-electron chi connectivity index (χ4n) is 1.41. The van der Waals surface area contributed by atoms with Gasteiger partial charge in [-0.3, -0.25) is 0 Å². The molecule has 0 radical (unpaired) electrons. The summed E-state index contributed by atoms with van der Waals surface area (Å²) in [5, 5.41) is 0.292. The molecule has 0 saturated heterocycles. The first-order valence-electron chi connectivity index (χ1n) is 6.24. The van der Waals surface area contributed by atoms with Crippen LogP contribution in [0.25, 0.3) is 0 Å². The van der Waals surface area contributed by atoms with Crippen molar-refractivity contribution < 1.29 is 13.2 Å². The van der Waals surface area contributed by atoms with Gasteiger partial charge in [0.25, 0.3) is 0 Å². The first kappa shape index (κ1) is 16.3. The van der Waals surface area contributed by atoms with E-state index in [2.05, 4.69) is 4.72 Å². The zero-order chi connectivity index (χ0) is 14.6. The average molecular weight is 306 g/mol. The van der Waals surface area contributed by atoms with Crippen LogP contribution in [-0.2, 0) is 10.0 Å². The second kappa shape index (κ2) is 6.59. The van der Waals surface area contributed by atoms with Crippen LogP contribution in [0.2, 0.25) is 5.02 Å². The largest absolute Gasteiger partial charge is 0.489 e. The van der Waals surface area contributed by atoms with E-state index in [-0.39, 0.29) is 17.0 Å². The Kier molecular flexibility index (Phi) is 5.64. The van der Waals surface area contributed by atoms with Crippen LogP contribution < -0.4 is 9.46 Å². The number of hydrogen-bond donors (Lipinski definition) is 1. The maximum Gasteiger partial charge on any atom is 0.240 e. The van der Waals surface area contributed by atoms with Gasteiger partial charge in [0.1, 0.15) is 5.75 Å². The van der Waals surface area contributed by atoms with Crippen LogP contribution in [0.1, 0.15) is 34.1 Å². The lowest BCUT2D eigenvalue weighted by molar-refractivity contribution is 0.242. The van der Waals surface area contributed by atoms with Crippen LogP contribution in [0.3, 0.4) is 0 Å². The van der Waals surface area contributed by atoms with Crippen LogP contribution >= 0.6 is 11.6 Å². The molecule has 1 N–H and O–H groups in total. The van der Waals surface area contributed by atoms with Gasteiger partial charge < -0.3 is 4.74 Å². The molecule has 1 aromatic carbocycles. The molecule has 1 unspecified atom stereocenters. The zero-order valence-corrected chi connectivity index (χ0v) is 13.2. The molecule has 0 spiro atoms. The first-order valence-corrected chi connectivity index (χ1v) is 8.11. The third kappa shape index (κ3) is 4.67. The van der Waals surface area contributed by atoms with E-state index in [0.717, 1.165) is 6.42 Å². The summed E-state index contributed by atoms with van der Waals surface area (Å²) in [4.78, 5) is 0.147. The Morgan fingerprint density at radius 1 is 1.32 bits per heavy atom. The third-order valence-corrected chi connectivity index (χ3v) is 4.43. The Bertz CT molecular complexity index is 529. The number of sulfonamides is 1. The molecule has 19 heavy (non-hydrogen) atoms. The minimum atomic E-state index is -3.53. The Balaban J connectivity index is 3.00. The van der Waals surface area contributed by atoms with Gasteiger partial charge in [0.15, 0.2) is 0 Å². The van der Waals surface area contributed by atoms with Crippen molar-refractivity contribution in [2.24, 2.45) is 0 Å². The fraction of sp³-hybridized carbons (Fsp3) is 0.538. The molecule has 0 heterocycles. The van der Waals surface area contributed by atoms with Gasteiger partial charge in [-0.2, -0.15) is 0 Å². The van der Waals surface area contributed by atoms with Crippen LogP contribution in [0.5, 0.6) is 5.75 Å². The zero-order valence-electron chi connectivity index (χ0n) is 11.6. The van der Waals surface area contributed by atoms with E-state index in [0.29, 0.717) is 10.8 Å². The molecule has 6 heteroatoms. The van der Waals surface area contributed by atoms with Crippen molar-refractivity contribution in [3.8, 4) is 5.75 Å². The summed E-state index contributed by atoms with van der Waals surface area (Å²) >= 11 is 6.03. The van der Waals surface area contributed by atoms with Crippen LogP contribution in [0, 0.1) is 0 Å². The predicted octanol–water partition coefficient (Wildman–Crippen LogP) is 3.20. The van der Waals surface area contributed by atoms with Crippen molar-refractivity contribution >= 4 is 21.6 Å². The Morgan fingerprint density at radius 2 is 1.95 bits per heavy atom. The van der Waals surface area contributed by atoms with E-state index in [1.165, 1.54) is 12.1 Å². The SMILES string of the molecule is CCC(C)NS(=O)(=O)c1ccc(OC(C)C)c(Cl)c1. The molecule has 4 nitrogen and oxygen atoms in total.